The van der Waals surface area contributed by atoms with Crippen LogP contribution in [0.1, 0.15) is 16.3 Å². The molecule has 86 valence electrons. The molecule has 0 fully saturated rings. The van der Waals surface area contributed by atoms with Crippen molar-refractivity contribution in [1.29, 1.82) is 0 Å². The number of aromatic nitrogens is 3. The van der Waals surface area contributed by atoms with E-state index < -0.39 is 0 Å². The minimum absolute atomic E-state index is 0.488. The Morgan fingerprint density at radius 2 is 2.24 bits per heavy atom. The average molecular weight is 244 g/mol. The Bertz CT molecular complexity index is 627. The van der Waals surface area contributed by atoms with Gasteiger partial charge in [-0.1, -0.05) is 12.1 Å². The number of hydrogen-bond acceptors (Lipinski definition) is 4. The summed E-state index contributed by atoms with van der Waals surface area (Å²) in [6.45, 7) is 0.488. The third-order valence-corrected chi connectivity index (χ3v) is 3.50. The van der Waals surface area contributed by atoms with Gasteiger partial charge >= 0.3 is 0 Å². The molecule has 0 saturated carbocycles. The minimum Gasteiger partial charge on any atom is -0.326 e. The van der Waals surface area contributed by atoms with Crippen LogP contribution in [0.4, 0.5) is 0 Å². The maximum absolute atomic E-state index is 5.68. The average Bonchev–Trinajstić information content (AvgIpc) is 2.97. The molecular formula is C12H12N4S. The standard InChI is InChI=1S/C12H12N4S/c13-8-9-3-1-5-16-12(9)14-11(15-16)7-10-4-2-6-17-10/h1-6H,7-8,13H2. The molecular weight excluding hydrogens is 232 g/mol. The van der Waals surface area contributed by atoms with Crippen molar-refractivity contribution in [3.8, 4) is 0 Å². The van der Waals surface area contributed by atoms with Crippen LogP contribution in [0.3, 0.4) is 0 Å². The molecule has 3 heterocycles. The van der Waals surface area contributed by atoms with Crippen molar-refractivity contribution < 1.29 is 0 Å². The minimum atomic E-state index is 0.488. The summed E-state index contributed by atoms with van der Waals surface area (Å²) < 4.78 is 1.80. The Morgan fingerprint density at radius 1 is 1.29 bits per heavy atom. The first-order valence-corrected chi connectivity index (χ1v) is 6.30. The normalized spacial score (nSPS) is 11.1. The van der Waals surface area contributed by atoms with Gasteiger partial charge < -0.3 is 5.73 Å². The van der Waals surface area contributed by atoms with Crippen LogP contribution >= 0.6 is 11.3 Å². The van der Waals surface area contributed by atoms with Crippen molar-refractivity contribution in [3.63, 3.8) is 0 Å². The van der Waals surface area contributed by atoms with Crippen molar-refractivity contribution in [3.05, 3.63) is 52.1 Å². The van der Waals surface area contributed by atoms with Crippen LogP contribution in [0.15, 0.2) is 35.8 Å². The van der Waals surface area contributed by atoms with Crippen molar-refractivity contribution >= 4 is 17.0 Å². The van der Waals surface area contributed by atoms with Gasteiger partial charge in [0.2, 0.25) is 0 Å². The van der Waals surface area contributed by atoms with E-state index in [1.54, 1.807) is 15.9 Å². The second-order valence-electron chi connectivity index (χ2n) is 3.79. The number of hydrogen-bond donors (Lipinski definition) is 1. The van der Waals surface area contributed by atoms with Gasteiger partial charge in [-0.15, -0.1) is 11.3 Å². The number of thiophene rings is 1. The molecule has 0 unspecified atom stereocenters. The molecule has 0 aliphatic heterocycles. The van der Waals surface area contributed by atoms with Gasteiger partial charge in [0.05, 0.1) is 0 Å². The molecule has 0 atom stereocenters. The molecule has 0 amide bonds. The second-order valence-corrected chi connectivity index (χ2v) is 4.82. The van der Waals surface area contributed by atoms with Gasteiger partial charge in [-0.25, -0.2) is 9.50 Å². The molecule has 0 aromatic carbocycles. The topological polar surface area (TPSA) is 56.2 Å². The SMILES string of the molecule is NCc1cccn2nc(Cc3cccs3)nc12. The lowest BCUT2D eigenvalue weighted by Crippen LogP contribution is -1.99. The van der Waals surface area contributed by atoms with Crippen LogP contribution in [-0.4, -0.2) is 14.6 Å². The molecule has 0 bridgehead atoms. The van der Waals surface area contributed by atoms with Gasteiger partial charge in [0.25, 0.3) is 0 Å². The van der Waals surface area contributed by atoms with E-state index in [2.05, 4.69) is 21.5 Å². The number of rotatable bonds is 3. The third-order valence-electron chi connectivity index (χ3n) is 2.62. The number of pyridine rings is 1. The van der Waals surface area contributed by atoms with Gasteiger partial charge in [-0.05, 0) is 17.5 Å². The van der Waals surface area contributed by atoms with Gasteiger partial charge in [0.1, 0.15) is 0 Å². The maximum Gasteiger partial charge on any atom is 0.160 e. The molecule has 0 spiro atoms. The monoisotopic (exact) mass is 244 g/mol. The Labute approximate surface area is 103 Å². The molecule has 2 N–H and O–H groups in total. The molecule has 0 radical (unpaired) electrons. The molecule has 3 aromatic heterocycles. The number of fused-ring (bicyclic) bond motifs is 1. The highest BCUT2D eigenvalue weighted by Gasteiger charge is 2.07. The molecule has 4 nitrogen and oxygen atoms in total. The van der Waals surface area contributed by atoms with E-state index >= 15 is 0 Å². The van der Waals surface area contributed by atoms with E-state index in [9.17, 15) is 0 Å². The summed E-state index contributed by atoms with van der Waals surface area (Å²) in [4.78, 5) is 5.81. The van der Waals surface area contributed by atoms with Crippen molar-refractivity contribution in [2.75, 3.05) is 0 Å². The molecule has 0 aliphatic carbocycles. The molecule has 3 rings (SSSR count). The lowest BCUT2D eigenvalue weighted by Gasteiger charge is -1.96. The highest BCUT2D eigenvalue weighted by Crippen LogP contribution is 2.14. The zero-order valence-corrected chi connectivity index (χ0v) is 10.0. The van der Waals surface area contributed by atoms with Crippen LogP contribution in [0.5, 0.6) is 0 Å². The van der Waals surface area contributed by atoms with Crippen molar-refractivity contribution in [1.82, 2.24) is 14.6 Å². The Hall–Kier alpha value is -1.72. The summed E-state index contributed by atoms with van der Waals surface area (Å²) in [5.74, 6) is 0.841. The summed E-state index contributed by atoms with van der Waals surface area (Å²) in [6, 6.07) is 8.07. The largest absolute Gasteiger partial charge is 0.326 e. The Kier molecular flexibility index (Phi) is 2.62. The Morgan fingerprint density at radius 3 is 3.00 bits per heavy atom. The fraction of sp³-hybridized carbons (Fsp3) is 0.167. The quantitative estimate of drug-likeness (QED) is 0.765. The van der Waals surface area contributed by atoms with Crippen molar-refractivity contribution in [2.24, 2.45) is 5.73 Å². The molecule has 3 aromatic rings. The van der Waals surface area contributed by atoms with Crippen LogP contribution in [0.25, 0.3) is 5.65 Å². The lowest BCUT2D eigenvalue weighted by molar-refractivity contribution is 0.898. The Balaban J connectivity index is 2.02. The fourth-order valence-electron chi connectivity index (χ4n) is 1.81. The van der Waals surface area contributed by atoms with Gasteiger partial charge in [-0.3, -0.25) is 0 Å². The predicted octanol–water partition coefficient (Wildman–Crippen LogP) is 1.84. The summed E-state index contributed by atoms with van der Waals surface area (Å²) in [5, 5.41) is 6.52. The van der Waals surface area contributed by atoms with Gasteiger partial charge in [-0.2, -0.15) is 5.10 Å². The van der Waals surface area contributed by atoms with E-state index in [1.165, 1.54) is 4.88 Å². The van der Waals surface area contributed by atoms with E-state index in [0.29, 0.717) is 6.54 Å². The first-order chi connectivity index (χ1) is 8.36. The van der Waals surface area contributed by atoms with Crippen LogP contribution < -0.4 is 5.73 Å². The van der Waals surface area contributed by atoms with Crippen molar-refractivity contribution in [2.45, 2.75) is 13.0 Å². The molecule has 0 saturated heterocycles. The first-order valence-electron chi connectivity index (χ1n) is 5.42. The maximum atomic E-state index is 5.68. The molecule has 17 heavy (non-hydrogen) atoms. The number of nitrogens with zero attached hydrogens (tertiary/aromatic N) is 3. The van der Waals surface area contributed by atoms with Crippen LogP contribution in [-0.2, 0) is 13.0 Å². The lowest BCUT2D eigenvalue weighted by atomic mass is 10.3. The van der Waals surface area contributed by atoms with E-state index in [-0.39, 0.29) is 0 Å². The smallest absolute Gasteiger partial charge is 0.160 e. The summed E-state index contributed by atoms with van der Waals surface area (Å²) in [5.41, 5.74) is 7.57. The third kappa shape index (κ3) is 1.94. The molecule has 5 heteroatoms. The predicted molar refractivity (Wildman–Crippen MR) is 68.0 cm³/mol. The highest BCUT2D eigenvalue weighted by molar-refractivity contribution is 7.09. The molecule has 0 aliphatic rings. The second kappa shape index (κ2) is 4.27. The van der Waals surface area contributed by atoms with E-state index in [4.69, 9.17) is 5.73 Å². The van der Waals surface area contributed by atoms with E-state index in [0.717, 1.165) is 23.5 Å². The summed E-state index contributed by atoms with van der Waals surface area (Å²) >= 11 is 1.72. The zero-order valence-electron chi connectivity index (χ0n) is 9.21. The van der Waals surface area contributed by atoms with E-state index in [1.807, 2.05) is 24.4 Å². The van der Waals surface area contributed by atoms with Crippen LogP contribution in [0, 0.1) is 0 Å². The summed E-state index contributed by atoms with van der Waals surface area (Å²) in [6.07, 6.45) is 2.68. The highest BCUT2D eigenvalue weighted by atomic mass is 32.1. The van der Waals surface area contributed by atoms with Crippen LogP contribution in [0.2, 0.25) is 0 Å². The zero-order chi connectivity index (χ0) is 11.7. The fourth-order valence-corrected chi connectivity index (χ4v) is 2.51. The first kappa shape index (κ1) is 10.4. The number of nitrogens with two attached hydrogens (primary N) is 1. The summed E-state index contributed by atoms with van der Waals surface area (Å²) in [7, 11) is 0. The van der Waals surface area contributed by atoms with Gasteiger partial charge in [0.15, 0.2) is 11.5 Å². The van der Waals surface area contributed by atoms with Gasteiger partial charge in [0, 0.05) is 29.6 Å².